The molecule has 1 saturated heterocycles. The molecule has 1 fully saturated rings. The monoisotopic (exact) mass is 372 g/mol. The third-order valence-corrected chi connectivity index (χ3v) is 7.00. The average molecular weight is 375 g/mol. The van der Waals surface area contributed by atoms with Crippen LogP contribution < -0.4 is 0 Å². The Kier molecular flexibility index (Phi) is 3.83. The van der Waals surface area contributed by atoms with Gasteiger partial charge in [-0.1, -0.05) is 27.5 Å². The molecule has 0 saturated carbocycles. The van der Waals surface area contributed by atoms with Crippen LogP contribution in [0.1, 0.15) is 29.5 Å². The second-order valence-corrected chi connectivity index (χ2v) is 7.35. The van der Waals surface area contributed by atoms with Crippen LogP contribution in [0.3, 0.4) is 0 Å². The lowest BCUT2D eigenvalue weighted by molar-refractivity contribution is 0.0204. The fourth-order valence-corrected chi connectivity index (χ4v) is 4.42. The van der Waals surface area contributed by atoms with Crippen LogP contribution >= 0.6 is 54.8 Å². The minimum absolute atomic E-state index is 0.0897. The average Bonchev–Trinajstić information content (AvgIpc) is 2.75. The maximum Gasteiger partial charge on any atom is 0.107 e. The van der Waals surface area contributed by atoms with Crippen LogP contribution in [-0.2, 0) is 4.74 Å². The van der Waals surface area contributed by atoms with E-state index in [-0.39, 0.29) is 10.4 Å². The molecule has 0 spiro atoms. The van der Waals surface area contributed by atoms with Crippen molar-refractivity contribution in [3.8, 4) is 0 Å². The number of ether oxygens (including phenoxy) is 1. The molecule has 2 unspecified atom stereocenters. The maximum absolute atomic E-state index is 6.04. The lowest BCUT2D eigenvalue weighted by Crippen LogP contribution is -2.27. The fourth-order valence-electron chi connectivity index (χ4n) is 1.79. The summed E-state index contributed by atoms with van der Waals surface area (Å²) in [6, 6.07) is 2.07. The van der Waals surface area contributed by atoms with Gasteiger partial charge >= 0.3 is 0 Å². The van der Waals surface area contributed by atoms with Gasteiger partial charge in [-0.3, -0.25) is 0 Å². The summed E-state index contributed by atoms with van der Waals surface area (Å²) in [5, 5.41) is 0. The molecule has 0 N–H and O–H groups in total. The van der Waals surface area contributed by atoms with Crippen LogP contribution in [0.15, 0.2) is 10.5 Å². The predicted molar refractivity (Wildman–Crippen MR) is 72.3 cm³/mol. The summed E-state index contributed by atoms with van der Waals surface area (Å²) in [5.74, 6) is 0. The summed E-state index contributed by atoms with van der Waals surface area (Å²) in [4.78, 5) is 1.44. The van der Waals surface area contributed by atoms with Gasteiger partial charge in [0.05, 0.1) is 10.4 Å². The highest BCUT2D eigenvalue weighted by molar-refractivity contribution is 9.10. The first-order chi connectivity index (χ1) is 7.03. The molecule has 2 heterocycles. The van der Waals surface area contributed by atoms with Crippen molar-refractivity contribution >= 4 is 54.8 Å². The van der Waals surface area contributed by atoms with Gasteiger partial charge in [-0.2, -0.15) is 0 Å². The van der Waals surface area contributed by atoms with Crippen LogP contribution in [0.4, 0.5) is 0 Å². The molecule has 1 nitrogen and oxygen atoms in total. The topological polar surface area (TPSA) is 9.23 Å². The Morgan fingerprint density at radius 1 is 1.67 bits per heavy atom. The fraction of sp³-hybridized carbons (Fsp3) is 0.600. The molecule has 0 radical (unpaired) electrons. The van der Waals surface area contributed by atoms with Crippen molar-refractivity contribution in [1.82, 2.24) is 0 Å². The maximum atomic E-state index is 6.04. The summed E-state index contributed by atoms with van der Waals surface area (Å²) < 4.78 is 7.58. The number of rotatable bonds is 2. The van der Waals surface area contributed by atoms with Gasteiger partial charge in [0, 0.05) is 16.0 Å². The Balaban J connectivity index is 2.23. The first kappa shape index (κ1) is 12.4. The Labute approximate surface area is 115 Å². The van der Waals surface area contributed by atoms with Crippen molar-refractivity contribution in [2.45, 2.75) is 30.2 Å². The molecule has 5 heteroatoms. The molecule has 1 aliphatic rings. The van der Waals surface area contributed by atoms with E-state index in [1.165, 1.54) is 4.88 Å². The van der Waals surface area contributed by atoms with E-state index >= 15 is 0 Å². The van der Waals surface area contributed by atoms with Crippen molar-refractivity contribution in [3.63, 3.8) is 0 Å². The molecular weight excluding hydrogens is 363 g/mol. The minimum Gasteiger partial charge on any atom is -0.374 e. The second kappa shape index (κ2) is 4.65. The van der Waals surface area contributed by atoms with Crippen LogP contribution in [0.2, 0.25) is 4.34 Å². The summed E-state index contributed by atoms with van der Waals surface area (Å²) in [7, 11) is 0. The summed E-state index contributed by atoms with van der Waals surface area (Å²) >= 11 is 14.8. The molecule has 2 atom stereocenters. The largest absolute Gasteiger partial charge is 0.374 e. The number of hydrogen-bond acceptors (Lipinski definition) is 2. The molecule has 0 amide bonds. The van der Waals surface area contributed by atoms with Gasteiger partial charge in [-0.25, -0.2) is 0 Å². The third-order valence-electron chi connectivity index (χ3n) is 2.70. The van der Waals surface area contributed by atoms with Crippen LogP contribution in [0, 0.1) is 0 Å². The Bertz CT molecular complexity index is 341. The molecular formula is C10H11Br2ClOS. The SMILES string of the molecule is CC1(C(Br)c2cc(Br)c(Cl)s2)CCCO1. The number of thiophene rings is 1. The smallest absolute Gasteiger partial charge is 0.107 e. The first-order valence-electron chi connectivity index (χ1n) is 4.76. The van der Waals surface area contributed by atoms with E-state index in [0.29, 0.717) is 0 Å². The molecule has 0 aliphatic carbocycles. The Morgan fingerprint density at radius 3 is 2.87 bits per heavy atom. The molecule has 0 bridgehead atoms. The van der Waals surface area contributed by atoms with E-state index in [1.54, 1.807) is 11.3 Å². The van der Waals surface area contributed by atoms with Crippen LogP contribution in [-0.4, -0.2) is 12.2 Å². The van der Waals surface area contributed by atoms with Crippen molar-refractivity contribution in [2.24, 2.45) is 0 Å². The number of halogens is 3. The summed E-state index contributed by atoms with van der Waals surface area (Å²) in [5.41, 5.74) is -0.0897. The highest BCUT2D eigenvalue weighted by Gasteiger charge is 2.38. The van der Waals surface area contributed by atoms with E-state index in [4.69, 9.17) is 16.3 Å². The first-order valence-corrected chi connectivity index (χ1v) is 7.66. The van der Waals surface area contributed by atoms with Crippen molar-refractivity contribution < 1.29 is 4.74 Å². The van der Waals surface area contributed by atoms with E-state index in [9.17, 15) is 0 Å². The number of alkyl halides is 1. The second-order valence-electron chi connectivity index (χ2n) is 3.90. The van der Waals surface area contributed by atoms with E-state index in [0.717, 1.165) is 28.3 Å². The van der Waals surface area contributed by atoms with Crippen molar-refractivity contribution in [1.29, 1.82) is 0 Å². The highest BCUT2D eigenvalue weighted by atomic mass is 79.9. The van der Waals surface area contributed by atoms with Gasteiger partial charge in [-0.15, -0.1) is 11.3 Å². The molecule has 84 valence electrons. The van der Waals surface area contributed by atoms with Crippen molar-refractivity contribution in [3.05, 3.63) is 19.8 Å². The summed E-state index contributed by atoms with van der Waals surface area (Å²) in [6.45, 7) is 3.01. The van der Waals surface area contributed by atoms with Gasteiger partial charge in [0.2, 0.25) is 0 Å². The zero-order chi connectivity index (χ0) is 11.1. The standard InChI is InChI=1S/C10H11Br2ClOS/c1-10(3-2-4-14-10)8(12)7-5-6(11)9(13)15-7/h5,8H,2-4H2,1H3. The Hall–Kier alpha value is 0.910. The lowest BCUT2D eigenvalue weighted by Gasteiger charge is -2.28. The van der Waals surface area contributed by atoms with E-state index in [1.807, 2.05) is 0 Å². The minimum atomic E-state index is -0.0897. The van der Waals surface area contributed by atoms with Gasteiger partial charge in [0.15, 0.2) is 0 Å². The lowest BCUT2D eigenvalue weighted by atomic mass is 9.98. The van der Waals surface area contributed by atoms with E-state index in [2.05, 4.69) is 44.8 Å². The predicted octanol–water partition coefficient (Wildman–Crippen LogP) is 5.17. The molecule has 1 aromatic heterocycles. The summed E-state index contributed by atoms with van der Waals surface area (Å²) in [6.07, 6.45) is 2.23. The highest BCUT2D eigenvalue weighted by Crippen LogP contribution is 2.47. The Morgan fingerprint density at radius 2 is 2.40 bits per heavy atom. The van der Waals surface area contributed by atoms with Crippen LogP contribution in [0.25, 0.3) is 0 Å². The van der Waals surface area contributed by atoms with Gasteiger partial charge < -0.3 is 4.74 Å². The zero-order valence-corrected chi connectivity index (χ0v) is 13.0. The number of hydrogen-bond donors (Lipinski definition) is 0. The quantitative estimate of drug-likeness (QED) is 0.649. The van der Waals surface area contributed by atoms with Gasteiger partial charge in [0.1, 0.15) is 4.34 Å². The third kappa shape index (κ3) is 2.44. The van der Waals surface area contributed by atoms with Crippen molar-refractivity contribution in [2.75, 3.05) is 6.61 Å². The van der Waals surface area contributed by atoms with E-state index < -0.39 is 0 Å². The molecule has 0 aromatic carbocycles. The normalized spacial score (nSPS) is 28.3. The van der Waals surface area contributed by atoms with Gasteiger partial charge in [-0.05, 0) is 41.8 Å². The molecule has 1 aromatic rings. The van der Waals surface area contributed by atoms with Gasteiger partial charge in [0.25, 0.3) is 0 Å². The zero-order valence-electron chi connectivity index (χ0n) is 8.23. The van der Waals surface area contributed by atoms with Crippen LogP contribution in [0.5, 0.6) is 0 Å². The molecule has 2 rings (SSSR count). The molecule has 1 aliphatic heterocycles. The molecule has 15 heavy (non-hydrogen) atoms.